The van der Waals surface area contributed by atoms with Crippen LogP contribution in [-0.2, 0) is 32.7 Å². The first kappa shape index (κ1) is 47.8. The first-order valence-corrected chi connectivity index (χ1v) is 21.7. The van der Waals surface area contributed by atoms with Gasteiger partial charge in [0, 0.05) is 19.4 Å². The smallest absolute Gasteiger partial charge is 0.462 e. The minimum Gasteiger partial charge on any atom is -0.462 e. The monoisotopic (exact) mass is 718 g/mol. The highest BCUT2D eigenvalue weighted by Crippen LogP contribution is 2.43. The van der Waals surface area contributed by atoms with Crippen LogP contribution in [0.3, 0.4) is 0 Å². The highest BCUT2D eigenvalue weighted by Gasteiger charge is 2.26. The van der Waals surface area contributed by atoms with Gasteiger partial charge in [-0.25, -0.2) is 4.57 Å². The van der Waals surface area contributed by atoms with E-state index in [9.17, 15) is 19.0 Å². The molecule has 290 valence electrons. The van der Waals surface area contributed by atoms with Crippen molar-refractivity contribution in [2.24, 2.45) is 5.73 Å². The first-order chi connectivity index (χ1) is 23.8. The molecule has 0 aliphatic carbocycles. The summed E-state index contributed by atoms with van der Waals surface area (Å²) in [6, 6.07) is 0. The molecule has 0 bridgehead atoms. The molecule has 10 heteroatoms. The molecule has 0 aromatic heterocycles. The van der Waals surface area contributed by atoms with Crippen molar-refractivity contribution in [2.45, 2.75) is 200 Å². The summed E-state index contributed by atoms with van der Waals surface area (Å²) in [7, 11) is -4.37. The van der Waals surface area contributed by atoms with Crippen molar-refractivity contribution in [1.82, 2.24) is 0 Å². The highest BCUT2D eigenvalue weighted by molar-refractivity contribution is 7.47. The van der Waals surface area contributed by atoms with Crippen LogP contribution in [-0.4, -0.2) is 49.3 Å². The number of esters is 2. The standard InChI is InChI=1S/C39H76NO8P/c1-3-5-7-9-11-13-15-16-17-18-19-20-22-24-26-28-30-32-39(42)48-37(36-47-49(43,44)46-34-33-40)35-45-38(41)31-29-27-25-23-21-14-12-10-8-6-4-2/h13,15,37H,3-12,14,16-36,40H2,1-2H3,(H,43,44)/b15-13+/t37-/m1/s1. The molecule has 0 saturated heterocycles. The van der Waals surface area contributed by atoms with Gasteiger partial charge in [0.25, 0.3) is 0 Å². The third kappa shape index (κ3) is 36.3. The third-order valence-corrected chi connectivity index (χ3v) is 9.64. The van der Waals surface area contributed by atoms with Crippen LogP contribution in [0.2, 0.25) is 0 Å². The van der Waals surface area contributed by atoms with Crippen molar-refractivity contribution in [2.75, 3.05) is 26.4 Å². The lowest BCUT2D eigenvalue weighted by Crippen LogP contribution is -2.29. The summed E-state index contributed by atoms with van der Waals surface area (Å²) >= 11 is 0. The van der Waals surface area contributed by atoms with Gasteiger partial charge in [0.2, 0.25) is 0 Å². The van der Waals surface area contributed by atoms with Gasteiger partial charge >= 0.3 is 19.8 Å². The molecule has 0 aromatic rings. The van der Waals surface area contributed by atoms with Gasteiger partial charge in [-0.15, -0.1) is 0 Å². The lowest BCUT2D eigenvalue weighted by atomic mass is 10.1. The van der Waals surface area contributed by atoms with E-state index >= 15 is 0 Å². The maximum Gasteiger partial charge on any atom is 0.472 e. The van der Waals surface area contributed by atoms with E-state index in [1.54, 1.807) is 0 Å². The van der Waals surface area contributed by atoms with E-state index in [1.165, 1.54) is 122 Å². The number of carbonyl (C=O) groups excluding carboxylic acids is 2. The number of nitrogens with two attached hydrogens (primary N) is 1. The summed E-state index contributed by atoms with van der Waals surface area (Å²) in [6.45, 7) is 3.72. The molecule has 0 aliphatic heterocycles. The summed E-state index contributed by atoms with van der Waals surface area (Å²) in [5, 5.41) is 0. The second-order valence-corrected chi connectivity index (χ2v) is 15.0. The topological polar surface area (TPSA) is 134 Å². The van der Waals surface area contributed by atoms with E-state index < -0.39 is 26.5 Å². The maximum absolute atomic E-state index is 12.5. The fourth-order valence-corrected chi connectivity index (χ4v) is 6.39. The number of allylic oxidation sites excluding steroid dienone is 2. The Balaban J connectivity index is 4.15. The molecule has 0 spiro atoms. The van der Waals surface area contributed by atoms with Gasteiger partial charge in [-0.1, -0.05) is 154 Å². The third-order valence-electron chi connectivity index (χ3n) is 8.65. The van der Waals surface area contributed by atoms with Crippen LogP contribution in [0.15, 0.2) is 12.2 Å². The van der Waals surface area contributed by atoms with Crippen molar-refractivity contribution < 1.29 is 37.6 Å². The van der Waals surface area contributed by atoms with Crippen LogP contribution in [0, 0.1) is 0 Å². The predicted octanol–water partition coefficient (Wildman–Crippen LogP) is 11.1. The van der Waals surface area contributed by atoms with Crippen LogP contribution < -0.4 is 5.73 Å². The van der Waals surface area contributed by atoms with E-state index in [1.807, 2.05) is 0 Å². The van der Waals surface area contributed by atoms with Crippen molar-refractivity contribution in [3.63, 3.8) is 0 Å². The van der Waals surface area contributed by atoms with Crippen LogP contribution >= 0.6 is 7.82 Å². The molecule has 9 nitrogen and oxygen atoms in total. The zero-order chi connectivity index (χ0) is 36.1. The predicted molar refractivity (Wildman–Crippen MR) is 201 cm³/mol. The van der Waals surface area contributed by atoms with Crippen LogP contribution in [0.25, 0.3) is 0 Å². The minimum absolute atomic E-state index is 0.0557. The largest absolute Gasteiger partial charge is 0.472 e. The summed E-state index contributed by atoms with van der Waals surface area (Å²) in [5.74, 6) is -0.825. The quantitative estimate of drug-likeness (QED) is 0.0277. The summed E-state index contributed by atoms with van der Waals surface area (Å²) < 4.78 is 32.7. The number of unbranched alkanes of at least 4 members (excludes halogenated alkanes) is 23. The lowest BCUT2D eigenvalue weighted by molar-refractivity contribution is -0.161. The molecule has 2 atom stereocenters. The van der Waals surface area contributed by atoms with E-state index in [0.29, 0.717) is 6.42 Å². The molecule has 0 saturated carbocycles. The number of hydrogen-bond donors (Lipinski definition) is 2. The molecule has 0 radical (unpaired) electrons. The van der Waals surface area contributed by atoms with Gasteiger partial charge in [-0.3, -0.25) is 18.6 Å². The molecule has 0 fully saturated rings. The van der Waals surface area contributed by atoms with Gasteiger partial charge in [-0.05, 0) is 38.5 Å². The Labute approximate surface area is 300 Å². The van der Waals surface area contributed by atoms with Gasteiger partial charge in [-0.2, -0.15) is 0 Å². The lowest BCUT2D eigenvalue weighted by Gasteiger charge is -2.19. The fraction of sp³-hybridized carbons (Fsp3) is 0.897. The second-order valence-electron chi connectivity index (χ2n) is 13.5. The summed E-state index contributed by atoms with van der Waals surface area (Å²) in [6.07, 6.45) is 35.2. The molecule has 0 aromatic carbocycles. The fourth-order valence-electron chi connectivity index (χ4n) is 5.63. The zero-order valence-electron chi connectivity index (χ0n) is 31.7. The highest BCUT2D eigenvalue weighted by atomic mass is 31.2. The number of phosphoric acid groups is 1. The first-order valence-electron chi connectivity index (χ1n) is 20.2. The van der Waals surface area contributed by atoms with Crippen molar-refractivity contribution in [3.8, 4) is 0 Å². The molecule has 0 aliphatic rings. The Morgan fingerprint density at radius 3 is 1.47 bits per heavy atom. The summed E-state index contributed by atoms with van der Waals surface area (Å²) in [5.41, 5.74) is 5.33. The Morgan fingerprint density at radius 1 is 0.592 bits per heavy atom. The van der Waals surface area contributed by atoms with Crippen LogP contribution in [0.4, 0.5) is 0 Å². The van der Waals surface area contributed by atoms with Crippen molar-refractivity contribution in [1.29, 1.82) is 0 Å². The van der Waals surface area contributed by atoms with Crippen LogP contribution in [0.1, 0.15) is 194 Å². The average Bonchev–Trinajstić information content (AvgIpc) is 3.08. The molecular formula is C39H76NO8P. The summed E-state index contributed by atoms with van der Waals surface area (Å²) in [4.78, 5) is 34.7. The number of carbonyl (C=O) groups is 2. The Hall–Kier alpha value is -1.25. The van der Waals surface area contributed by atoms with E-state index in [-0.39, 0.29) is 38.6 Å². The molecule has 0 heterocycles. The maximum atomic E-state index is 12.5. The van der Waals surface area contributed by atoms with Gasteiger partial charge in [0.05, 0.1) is 13.2 Å². The molecule has 3 N–H and O–H groups in total. The van der Waals surface area contributed by atoms with E-state index in [0.717, 1.165) is 38.5 Å². The zero-order valence-corrected chi connectivity index (χ0v) is 32.6. The van der Waals surface area contributed by atoms with E-state index in [2.05, 4.69) is 26.0 Å². The molecule has 1 unspecified atom stereocenters. The SMILES string of the molecule is CCCCCC/C=C/CCCCCCCCCCCC(=O)O[C@H](COC(=O)CCCCCCCCCCCCC)COP(=O)(O)OCCN. The van der Waals surface area contributed by atoms with Gasteiger partial charge < -0.3 is 20.1 Å². The molecule has 49 heavy (non-hydrogen) atoms. The number of phosphoric ester groups is 1. The number of ether oxygens (including phenoxy) is 2. The van der Waals surface area contributed by atoms with Gasteiger partial charge in [0.1, 0.15) is 6.61 Å². The number of hydrogen-bond acceptors (Lipinski definition) is 8. The second kappa shape index (κ2) is 36.5. The molecule has 0 rings (SSSR count). The molecular weight excluding hydrogens is 641 g/mol. The normalized spacial score (nSPS) is 13.5. The van der Waals surface area contributed by atoms with E-state index in [4.69, 9.17) is 24.3 Å². The molecule has 0 amide bonds. The number of rotatable bonds is 38. The Kier molecular flexibility index (Phi) is 35.6. The Morgan fingerprint density at radius 2 is 1.00 bits per heavy atom. The van der Waals surface area contributed by atoms with Crippen molar-refractivity contribution >= 4 is 19.8 Å². The average molecular weight is 718 g/mol. The van der Waals surface area contributed by atoms with Crippen molar-refractivity contribution in [3.05, 3.63) is 12.2 Å². The minimum atomic E-state index is -4.37. The van der Waals surface area contributed by atoms with Gasteiger partial charge in [0.15, 0.2) is 6.10 Å². The Bertz CT molecular complexity index is 825. The van der Waals surface area contributed by atoms with Crippen LogP contribution in [0.5, 0.6) is 0 Å².